The highest BCUT2D eigenvalue weighted by atomic mass is 16.5. The zero-order valence-electron chi connectivity index (χ0n) is 17.3. The molecular weight excluding hydrogens is 384 g/mol. The summed E-state index contributed by atoms with van der Waals surface area (Å²) in [6, 6.07) is 14.0. The molecule has 0 saturated heterocycles. The van der Waals surface area contributed by atoms with Crippen LogP contribution in [0.4, 0.5) is 10.5 Å². The minimum atomic E-state index is -0.332. The number of nitrogens with one attached hydrogen (secondary N) is 2. The third-order valence-electron chi connectivity index (χ3n) is 4.49. The molecule has 1 aromatic heterocycles. The maximum Gasteiger partial charge on any atom is 0.319 e. The van der Waals surface area contributed by atoms with Crippen molar-refractivity contribution in [1.29, 1.82) is 0 Å². The SMILES string of the molecule is COc1ccc(OC)c(C(C)NC(=O)Nc2cccc(OCCn3cccn3)c2)c1. The first-order valence-corrected chi connectivity index (χ1v) is 9.59. The molecule has 1 atom stereocenters. The molecule has 3 aromatic rings. The van der Waals surface area contributed by atoms with Crippen molar-refractivity contribution < 1.29 is 19.0 Å². The molecule has 0 spiro atoms. The van der Waals surface area contributed by atoms with E-state index < -0.39 is 0 Å². The number of anilines is 1. The molecule has 0 radical (unpaired) electrons. The summed E-state index contributed by atoms with van der Waals surface area (Å²) >= 11 is 0. The number of urea groups is 1. The van der Waals surface area contributed by atoms with Gasteiger partial charge in [0, 0.05) is 29.7 Å². The number of amides is 2. The van der Waals surface area contributed by atoms with E-state index in [1.165, 1.54) is 0 Å². The topological polar surface area (TPSA) is 86.6 Å². The van der Waals surface area contributed by atoms with Crippen LogP contribution in [0.3, 0.4) is 0 Å². The Morgan fingerprint density at radius 2 is 1.97 bits per heavy atom. The molecule has 158 valence electrons. The van der Waals surface area contributed by atoms with Crippen molar-refractivity contribution in [3.63, 3.8) is 0 Å². The fraction of sp³-hybridized carbons (Fsp3) is 0.273. The van der Waals surface area contributed by atoms with Crippen LogP contribution >= 0.6 is 0 Å². The van der Waals surface area contributed by atoms with Gasteiger partial charge in [0.05, 0.1) is 26.8 Å². The summed E-state index contributed by atoms with van der Waals surface area (Å²) in [6.07, 6.45) is 3.61. The summed E-state index contributed by atoms with van der Waals surface area (Å²) in [5.74, 6) is 2.04. The lowest BCUT2D eigenvalue weighted by molar-refractivity contribution is 0.249. The second kappa shape index (κ2) is 10.2. The zero-order chi connectivity index (χ0) is 21.3. The van der Waals surface area contributed by atoms with Gasteiger partial charge < -0.3 is 24.8 Å². The van der Waals surface area contributed by atoms with Gasteiger partial charge in [-0.05, 0) is 43.3 Å². The number of benzene rings is 2. The van der Waals surface area contributed by atoms with Crippen LogP contribution in [0.1, 0.15) is 18.5 Å². The van der Waals surface area contributed by atoms with Crippen LogP contribution in [0.15, 0.2) is 60.9 Å². The molecule has 0 aliphatic rings. The van der Waals surface area contributed by atoms with E-state index in [-0.39, 0.29) is 12.1 Å². The average Bonchev–Trinajstić information content (AvgIpc) is 3.27. The van der Waals surface area contributed by atoms with Crippen molar-refractivity contribution in [2.75, 3.05) is 26.1 Å². The van der Waals surface area contributed by atoms with E-state index in [4.69, 9.17) is 14.2 Å². The van der Waals surface area contributed by atoms with Gasteiger partial charge in [0.15, 0.2) is 0 Å². The minimum Gasteiger partial charge on any atom is -0.497 e. The standard InChI is InChI=1S/C22H26N4O4/c1-16(20-15-18(28-2)8-9-21(20)29-3)24-22(27)25-17-6-4-7-19(14-17)30-13-12-26-11-5-10-23-26/h4-11,14-16H,12-13H2,1-3H3,(H2,24,25,27). The number of carbonyl (C=O) groups is 1. The molecule has 1 heterocycles. The van der Waals surface area contributed by atoms with Crippen LogP contribution in [0, 0.1) is 0 Å². The van der Waals surface area contributed by atoms with Crippen LogP contribution in [-0.4, -0.2) is 36.6 Å². The first-order chi connectivity index (χ1) is 14.6. The fourth-order valence-electron chi connectivity index (χ4n) is 2.97. The van der Waals surface area contributed by atoms with Gasteiger partial charge in [-0.2, -0.15) is 5.10 Å². The molecule has 2 N–H and O–H groups in total. The van der Waals surface area contributed by atoms with Crippen molar-refractivity contribution in [1.82, 2.24) is 15.1 Å². The largest absolute Gasteiger partial charge is 0.497 e. The van der Waals surface area contributed by atoms with E-state index in [1.807, 2.05) is 49.5 Å². The minimum absolute atomic E-state index is 0.288. The molecule has 3 rings (SSSR count). The average molecular weight is 410 g/mol. The predicted molar refractivity (Wildman–Crippen MR) is 114 cm³/mol. The summed E-state index contributed by atoms with van der Waals surface area (Å²) in [5, 5.41) is 9.88. The second-order valence-electron chi connectivity index (χ2n) is 6.57. The maximum absolute atomic E-state index is 12.5. The summed E-state index contributed by atoms with van der Waals surface area (Å²) < 4.78 is 18.2. The van der Waals surface area contributed by atoms with E-state index in [2.05, 4.69) is 15.7 Å². The molecule has 0 bridgehead atoms. The van der Waals surface area contributed by atoms with Crippen LogP contribution in [0.5, 0.6) is 17.2 Å². The van der Waals surface area contributed by atoms with E-state index in [9.17, 15) is 4.79 Å². The van der Waals surface area contributed by atoms with E-state index >= 15 is 0 Å². The fourth-order valence-corrected chi connectivity index (χ4v) is 2.97. The molecule has 2 amide bonds. The van der Waals surface area contributed by atoms with E-state index in [1.54, 1.807) is 37.2 Å². The van der Waals surface area contributed by atoms with Crippen LogP contribution in [-0.2, 0) is 6.54 Å². The monoisotopic (exact) mass is 410 g/mol. The summed E-state index contributed by atoms with van der Waals surface area (Å²) in [5.41, 5.74) is 1.46. The highest BCUT2D eigenvalue weighted by Gasteiger charge is 2.15. The molecule has 0 fully saturated rings. The summed E-state index contributed by atoms with van der Waals surface area (Å²) in [6.45, 7) is 3.00. The zero-order valence-corrected chi connectivity index (χ0v) is 17.3. The molecular formula is C22H26N4O4. The van der Waals surface area contributed by atoms with Gasteiger partial charge in [0.2, 0.25) is 0 Å². The molecule has 8 heteroatoms. The molecule has 1 unspecified atom stereocenters. The van der Waals surface area contributed by atoms with Gasteiger partial charge >= 0.3 is 6.03 Å². The second-order valence-corrected chi connectivity index (χ2v) is 6.57. The number of carbonyl (C=O) groups excluding carboxylic acids is 1. The normalized spacial score (nSPS) is 11.4. The van der Waals surface area contributed by atoms with Crippen LogP contribution in [0.25, 0.3) is 0 Å². The van der Waals surface area contributed by atoms with Crippen molar-refractivity contribution in [2.45, 2.75) is 19.5 Å². The lowest BCUT2D eigenvalue weighted by Crippen LogP contribution is -2.31. The Hall–Kier alpha value is -3.68. The number of hydrogen-bond donors (Lipinski definition) is 2. The number of ether oxygens (including phenoxy) is 3. The van der Waals surface area contributed by atoms with Crippen molar-refractivity contribution in [2.24, 2.45) is 0 Å². The highest BCUT2D eigenvalue weighted by molar-refractivity contribution is 5.89. The van der Waals surface area contributed by atoms with Crippen LogP contribution in [0.2, 0.25) is 0 Å². The number of methoxy groups -OCH3 is 2. The Kier molecular flexibility index (Phi) is 7.15. The van der Waals surface area contributed by atoms with Gasteiger partial charge in [-0.15, -0.1) is 0 Å². The number of hydrogen-bond acceptors (Lipinski definition) is 5. The molecule has 2 aromatic carbocycles. The van der Waals surface area contributed by atoms with Gasteiger partial charge in [0.25, 0.3) is 0 Å². The molecule has 8 nitrogen and oxygen atoms in total. The maximum atomic E-state index is 12.5. The highest BCUT2D eigenvalue weighted by Crippen LogP contribution is 2.29. The van der Waals surface area contributed by atoms with E-state index in [0.29, 0.717) is 36.1 Å². The number of rotatable bonds is 9. The Bertz CT molecular complexity index is 960. The third kappa shape index (κ3) is 5.66. The van der Waals surface area contributed by atoms with Crippen LogP contribution < -0.4 is 24.8 Å². The first-order valence-electron chi connectivity index (χ1n) is 9.59. The first kappa shape index (κ1) is 21.0. The van der Waals surface area contributed by atoms with Crippen molar-refractivity contribution in [3.8, 4) is 17.2 Å². The lowest BCUT2D eigenvalue weighted by atomic mass is 10.1. The van der Waals surface area contributed by atoms with E-state index in [0.717, 1.165) is 5.56 Å². The summed E-state index contributed by atoms with van der Waals surface area (Å²) in [7, 11) is 3.19. The Morgan fingerprint density at radius 3 is 2.70 bits per heavy atom. The predicted octanol–water partition coefficient (Wildman–Crippen LogP) is 3.86. The Morgan fingerprint density at radius 1 is 1.10 bits per heavy atom. The molecule has 30 heavy (non-hydrogen) atoms. The quantitative estimate of drug-likeness (QED) is 0.559. The molecule has 0 aliphatic heterocycles. The molecule has 0 saturated carbocycles. The van der Waals surface area contributed by atoms with Gasteiger partial charge in [-0.1, -0.05) is 6.07 Å². The van der Waals surface area contributed by atoms with Gasteiger partial charge in [0.1, 0.15) is 23.9 Å². The summed E-state index contributed by atoms with van der Waals surface area (Å²) in [4.78, 5) is 12.5. The third-order valence-corrected chi connectivity index (χ3v) is 4.49. The van der Waals surface area contributed by atoms with Gasteiger partial charge in [-0.3, -0.25) is 4.68 Å². The number of nitrogens with zero attached hydrogens (tertiary/aromatic N) is 2. The van der Waals surface area contributed by atoms with Crippen molar-refractivity contribution >= 4 is 11.7 Å². The smallest absolute Gasteiger partial charge is 0.319 e. The van der Waals surface area contributed by atoms with Crippen molar-refractivity contribution in [3.05, 3.63) is 66.5 Å². The lowest BCUT2D eigenvalue weighted by Gasteiger charge is -2.18. The Balaban J connectivity index is 1.56. The molecule has 0 aliphatic carbocycles. The van der Waals surface area contributed by atoms with Gasteiger partial charge in [-0.25, -0.2) is 4.79 Å². The Labute approximate surface area is 175 Å². The number of aromatic nitrogens is 2.